The molecule has 1 amide bonds. The predicted molar refractivity (Wildman–Crippen MR) is 109 cm³/mol. The van der Waals surface area contributed by atoms with Gasteiger partial charge in [0.2, 0.25) is 0 Å². The Bertz CT molecular complexity index is 923. The fourth-order valence-corrected chi connectivity index (χ4v) is 3.66. The summed E-state index contributed by atoms with van der Waals surface area (Å²) in [6, 6.07) is 24.4. The lowest BCUT2D eigenvalue weighted by Crippen LogP contribution is -2.36. The van der Waals surface area contributed by atoms with Crippen LogP contribution in [-0.2, 0) is 6.54 Å². The maximum atomic E-state index is 13.1. The Hall–Kier alpha value is -2.98. The quantitative estimate of drug-likeness (QED) is 0.713. The van der Waals surface area contributed by atoms with Gasteiger partial charge in [-0.15, -0.1) is 0 Å². The second kappa shape index (κ2) is 8.36. The molecule has 0 bridgehead atoms. The van der Waals surface area contributed by atoms with Gasteiger partial charge in [0.15, 0.2) is 0 Å². The molecule has 0 aromatic heterocycles. The van der Waals surface area contributed by atoms with Crippen molar-refractivity contribution >= 4 is 5.91 Å². The summed E-state index contributed by atoms with van der Waals surface area (Å²) in [6.45, 7) is 2.78. The molecule has 1 aliphatic heterocycles. The van der Waals surface area contributed by atoms with Gasteiger partial charge < -0.3 is 5.32 Å². The number of amides is 1. The van der Waals surface area contributed by atoms with Gasteiger partial charge >= 0.3 is 0 Å². The molecule has 28 heavy (non-hydrogen) atoms. The molecule has 1 fully saturated rings. The van der Waals surface area contributed by atoms with Crippen LogP contribution < -0.4 is 5.32 Å². The molecule has 0 spiro atoms. The van der Waals surface area contributed by atoms with E-state index in [0.29, 0.717) is 5.56 Å². The molecule has 4 heteroatoms. The lowest BCUT2D eigenvalue weighted by molar-refractivity contribution is 0.0937. The smallest absolute Gasteiger partial charge is 0.251 e. The molecule has 1 heterocycles. The molecule has 3 aromatic rings. The molecule has 0 radical (unpaired) electrons. The second-order valence-corrected chi connectivity index (χ2v) is 7.26. The third-order valence-electron chi connectivity index (χ3n) is 5.18. The number of halogens is 1. The molecule has 1 N–H and O–H groups in total. The molecule has 1 aliphatic rings. The third-order valence-corrected chi connectivity index (χ3v) is 5.18. The van der Waals surface area contributed by atoms with Gasteiger partial charge in [0.1, 0.15) is 5.82 Å². The van der Waals surface area contributed by atoms with Crippen LogP contribution in [0.4, 0.5) is 4.39 Å². The van der Waals surface area contributed by atoms with Gasteiger partial charge in [-0.3, -0.25) is 9.69 Å². The lowest BCUT2D eigenvalue weighted by Gasteiger charge is -2.17. The Labute approximate surface area is 164 Å². The largest absolute Gasteiger partial charge is 0.348 e. The predicted octanol–water partition coefficient (Wildman–Crippen LogP) is 4.50. The van der Waals surface area contributed by atoms with Crippen LogP contribution in [0.15, 0.2) is 78.9 Å². The Balaban J connectivity index is 1.33. The minimum Gasteiger partial charge on any atom is -0.348 e. The number of nitrogens with zero attached hydrogens (tertiary/aromatic N) is 1. The average molecular weight is 374 g/mol. The minimum atomic E-state index is -0.252. The highest BCUT2D eigenvalue weighted by molar-refractivity contribution is 5.94. The van der Waals surface area contributed by atoms with Crippen LogP contribution in [0.5, 0.6) is 0 Å². The van der Waals surface area contributed by atoms with Gasteiger partial charge in [-0.1, -0.05) is 54.6 Å². The molecule has 0 aliphatic carbocycles. The molecule has 0 saturated carbocycles. The van der Waals surface area contributed by atoms with Gasteiger partial charge in [-0.2, -0.15) is 0 Å². The normalized spacial score (nSPS) is 16.8. The van der Waals surface area contributed by atoms with Gasteiger partial charge in [0, 0.05) is 31.2 Å². The van der Waals surface area contributed by atoms with Crippen molar-refractivity contribution in [3.05, 3.63) is 95.8 Å². The molecule has 142 valence electrons. The Morgan fingerprint density at radius 1 is 0.929 bits per heavy atom. The number of hydrogen-bond acceptors (Lipinski definition) is 2. The first-order chi connectivity index (χ1) is 13.7. The van der Waals surface area contributed by atoms with E-state index in [9.17, 15) is 9.18 Å². The first-order valence-electron chi connectivity index (χ1n) is 9.60. The van der Waals surface area contributed by atoms with Crippen LogP contribution in [0.3, 0.4) is 0 Å². The standard InChI is InChI=1S/C24H23FN2O/c25-22-12-10-20(11-13-22)19-6-8-21(9-7-19)24(28)26-23-14-15-27(17-23)16-18-4-2-1-3-5-18/h1-13,23H,14-17H2,(H,26,28)/t23-/m1/s1. The van der Waals surface area contributed by atoms with E-state index in [4.69, 9.17) is 0 Å². The Morgan fingerprint density at radius 3 is 2.25 bits per heavy atom. The number of likely N-dealkylation sites (tertiary alicyclic amines) is 1. The monoisotopic (exact) mass is 374 g/mol. The maximum Gasteiger partial charge on any atom is 0.251 e. The molecular weight excluding hydrogens is 351 g/mol. The summed E-state index contributed by atoms with van der Waals surface area (Å²) < 4.78 is 13.1. The summed E-state index contributed by atoms with van der Waals surface area (Å²) in [6.07, 6.45) is 0.965. The Kier molecular flexibility index (Phi) is 5.49. The van der Waals surface area contributed by atoms with Crippen LogP contribution in [0.25, 0.3) is 11.1 Å². The van der Waals surface area contributed by atoms with Gasteiger partial charge in [-0.25, -0.2) is 4.39 Å². The zero-order valence-corrected chi connectivity index (χ0v) is 15.6. The lowest BCUT2D eigenvalue weighted by atomic mass is 10.0. The van der Waals surface area contributed by atoms with Crippen molar-refractivity contribution in [3.63, 3.8) is 0 Å². The maximum absolute atomic E-state index is 13.1. The van der Waals surface area contributed by atoms with Crippen molar-refractivity contribution < 1.29 is 9.18 Å². The van der Waals surface area contributed by atoms with E-state index in [1.807, 2.05) is 30.3 Å². The van der Waals surface area contributed by atoms with Crippen LogP contribution in [0.2, 0.25) is 0 Å². The summed E-state index contributed by atoms with van der Waals surface area (Å²) in [5.41, 5.74) is 3.84. The first kappa shape index (κ1) is 18.4. The zero-order chi connectivity index (χ0) is 19.3. The van der Waals surface area contributed by atoms with E-state index in [-0.39, 0.29) is 17.8 Å². The van der Waals surface area contributed by atoms with Crippen molar-refractivity contribution in [1.82, 2.24) is 10.2 Å². The van der Waals surface area contributed by atoms with Gasteiger partial charge in [0.05, 0.1) is 0 Å². The molecular formula is C24H23FN2O. The van der Waals surface area contributed by atoms with Crippen LogP contribution >= 0.6 is 0 Å². The molecule has 1 saturated heterocycles. The number of nitrogens with one attached hydrogen (secondary N) is 1. The van der Waals surface area contributed by atoms with E-state index in [2.05, 4.69) is 34.5 Å². The van der Waals surface area contributed by atoms with Crippen LogP contribution in [0.1, 0.15) is 22.3 Å². The summed E-state index contributed by atoms with van der Waals surface area (Å²) >= 11 is 0. The number of rotatable bonds is 5. The minimum absolute atomic E-state index is 0.0442. The third kappa shape index (κ3) is 4.46. The number of carbonyl (C=O) groups excluding carboxylic acids is 1. The molecule has 3 nitrogen and oxygen atoms in total. The zero-order valence-electron chi connectivity index (χ0n) is 15.6. The molecule has 3 aromatic carbocycles. The highest BCUT2D eigenvalue weighted by Gasteiger charge is 2.24. The van der Waals surface area contributed by atoms with Crippen molar-refractivity contribution in [1.29, 1.82) is 0 Å². The van der Waals surface area contributed by atoms with Crippen molar-refractivity contribution in [2.75, 3.05) is 13.1 Å². The van der Waals surface area contributed by atoms with E-state index >= 15 is 0 Å². The van der Waals surface area contributed by atoms with E-state index in [0.717, 1.165) is 37.2 Å². The highest BCUT2D eigenvalue weighted by Crippen LogP contribution is 2.20. The van der Waals surface area contributed by atoms with E-state index < -0.39 is 0 Å². The highest BCUT2D eigenvalue weighted by atomic mass is 19.1. The Morgan fingerprint density at radius 2 is 1.57 bits per heavy atom. The van der Waals surface area contributed by atoms with Crippen molar-refractivity contribution in [2.45, 2.75) is 19.0 Å². The van der Waals surface area contributed by atoms with E-state index in [1.54, 1.807) is 12.1 Å². The van der Waals surface area contributed by atoms with Crippen LogP contribution in [-0.4, -0.2) is 29.9 Å². The summed E-state index contributed by atoms with van der Waals surface area (Å²) in [5.74, 6) is -0.296. The topological polar surface area (TPSA) is 32.3 Å². The molecule has 1 atom stereocenters. The van der Waals surface area contributed by atoms with E-state index in [1.165, 1.54) is 17.7 Å². The first-order valence-corrected chi connectivity index (χ1v) is 9.60. The van der Waals surface area contributed by atoms with Gasteiger partial charge in [-0.05, 0) is 47.4 Å². The molecule has 0 unspecified atom stereocenters. The summed E-state index contributed by atoms with van der Waals surface area (Å²) in [5, 5.41) is 3.15. The summed E-state index contributed by atoms with van der Waals surface area (Å²) in [4.78, 5) is 15.0. The summed E-state index contributed by atoms with van der Waals surface area (Å²) in [7, 11) is 0. The van der Waals surface area contributed by atoms with Crippen LogP contribution in [0, 0.1) is 5.82 Å². The van der Waals surface area contributed by atoms with Crippen molar-refractivity contribution in [3.8, 4) is 11.1 Å². The second-order valence-electron chi connectivity index (χ2n) is 7.26. The van der Waals surface area contributed by atoms with Crippen molar-refractivity contribution in [2.24, 2.45) is 0 Å². The number of benzene rings is 3. The fraction of sp³-hybridized carbons (Fsp3) is 0.208. The fourth-order valence-electron chi connectivity index (χ4n) is 3.66. The average Bonchev–Trinajstić information content (AvgIpc) is 3.16. The van der Waals surface area contributed by atoms with Gasteiger partial charge in [0.25, 0.3) is 5.91 Å². The SMILES string of the molecule is O=C(N[C@@H]1CCN(Cc2ccccc2)C1)c1ccc(-c2ccc(F)cc2)cc1. The molecule has 4 rings (SSSR count). The number of carbonyl (C=O) groups is 1. The number of hydrogen-bond donors (Lipinski definition) is 1.